The third-order valence-corrected chi connectivity index (χ3v) is 3.54. The summed E-state index contributed by atoms with van der Waals surface area (Å²) in [6.07, 6.45) is 6.57. The molecule has 4 nitrogen and oxygen atoms in total. The lowest BCUT2D eigenvalue weighted by atomic mass is 9.98. The van der Waals surface area contributed by atoms with Crippen molar-refractivity contribution in [2.24, 2.45) is 0 Å². The number of aromatic nitrogens is 2. The van der Waals surface area contributed by atoms with Gasteiger partial charge < -0.3 is 0 Å². The van der Waals surface area contributed by atoms with Gasteiger partial charge in [0.1, 0.15) is 0 Å². The molecule has 0 aliphatic carbocycles. The lowest BCUT2D eigenvalue weighted by Crippen LogP contribution is -2.46. The van der Waals surface area contributed by atoms with E-state index in [1.165, 1.54) is 0 Å². The second-order valence-corrected chi connectivity index (χ2v) is 5.76. The molecule has 2 heterocycles. The van der Waals surface area contributed by atoms with E-state index in [0.717, 1.165) is 32.2 Å². The van der Waals surface area contributed by atoms with Crippen LogP contribution in [0.2, 0.25) is 0 Å². The number of nitrogens with zero attached hydrogens (tertiary/aromatic N) is 3. The Balaban J connectivity index is 1.97. The van der Waals surface area contributed by atoms with Crippen molar-refractivity contribution in [1.29, 1.82) is 0 Å². The minimum absolute atomic E-state index is 0.253. The maximum absolute atomic E-state index is 10.6. The van der Waals surface area contributed by atoms with Gasteiger partial charge in [-0.15, -0.1) is 0 Å². The molecule has 0 spiro atoms. The fourth-order valence-electron chi connectivity index (χ4n) is 2.41. The van der Waals surface area contributed by atoms with E-state index in [-0.39, 0.29) is 5.54 Å². The Hall–Kier alpha value is -1.16. The molecule has 0 saturated carbocycles. The summed E-state index contributed by atoms with van der Waals surface area (Å²) in [6.45, 7) is 8.97. The molecule has 0 aromatic carbocycles. The number of piperidine rings is 1. The number of likely N-dealkylation sites (tertiary alicyclic amines) is 1. The predicted octanol–water partition coefficient (Wildman–Crippen LogP) is 2.13. The fraction of sp³-hybridized carbons (Fsp3) is 0.692. The van der Waals surface area contributed by atoms with Gasteiger partial charge in [-0.25, -0.2) is 0 Å². The molecule has 0 amide bonds. The molecule has 1 aromatic heterocycles. The quantitative estimate of drug-likeness (QED) is 0.737. The average Bonchev–Trinajstić information content (AvgIpc) is 2.76. The number of hydrogen-bond donors (Lipinski definition) is 0. The summed E-state index contributed by atoms with van der Waals surface area (Å²) in [7, 11) is 0. The number of rotatable bonds is 2. The van der Waals surface area contributed by atoms with Gasteiger partial charge in [-0.3, -0.25) is 14.4 Å². The van der Waals surface area contributed by atoms with Gasteiger partial charge in [0.05, 0.1) is 17.8 Å². The van der Waals surface area contributed by atoms with Crippen LogP contribution in [0.4, 0.5) is 0 Å². The van der Waals surface area contributed by atoms with Crippen molar-refractivity contribution < 1.29 is 4.79 Å². The van der Waals surface area contributed by atoms with Crippen LogP contribution < -0.4 is 0 Å². The van der Waals surface area contributed by atoms with E-state index < -0.39 is 0 Å². The zero-order valence-electron chi connectivity index (χ0n) is 10.9. The van der Waals surface area contributed by atoms with E-state index in [1.54, 1.807) is 6.20 Å². The normalized spacial score (nSPS) is 19.5. The van der Waals surface area contributed by atoms with E-state index in [0.29, 0.717) is 11.6 Å². The van der Waals surface area contributed by atoms with Crippen LogP contribution in [-0.4, -0.2) is 39.6 Å². The molecule has 1 aliphatic rings. The number of aldehydes is 1. The Morgan fingerprint density at radius 2 is 2.00 bits per heavy atom. The molecule has 2 rings (SSSR count). The zero-order chi connectivity index (χ0) is 12.5. The maximum atomic E-state index is 10.6. The van der Waals surface area contributed by atoms with Crippen molar-refractivity contribution in [3.05, 3.63) is 18.0 Å². The topological polar surface area (TPSA) is 38.1 Å². The van der Waals surface area contributed by atoms with Gasteiger partial charge >= 0.3 is 0 Å². The summed E-state index contributed by atoms with van der Waals surface area (Å²) < 4.78 is 1.95. The van der Waals surface area contributed by atoms with E-state index in [1.807, 2.05) is 10.9 Å². The van der Waals surface area contributed by atoms with Crippen LogP contribution in [0.25, 0.3) is 0 Å². The van der Waals surface area contributed by atoms with Crippen molar-refractivity contribution in [3.8, 4) is 0 Å². The van der Waals surface area contributed by atoms with Crippen LogP contribution in [0.3, 0.4) is 0 Å². The smallest absolute Gasteiger partial charge is 0.153 e. The zero-order valence-corrected chi connectivity index (χ0v) is 10.9. The SMILES string of the molecule is CC(C)(C)N1CCC(n2cc(C=O)cn2)CC1. The van der Waals surface area contributed by atoms with Gasteiger partial charge in [0.2, 0.25) is 0 Å². The van der Waals surface area contributed by atoms with Crippen LogP contribution in [0.1, 0.15) is 50.0 Å². The first kappa shape index (κ1) is 12.3. The summed E-state index contributed by atoms with van der Waals surface area (Å²) >= 11 is 0. The Kier molecular flexibility index (Phi) is 3.33. The maximum Gasteiger partial charge on any atom is 0.153 e. The molecule has 0 N–H and O–H groups in total. The highest BCUT2D eigenvalue weighted by Crippen LogP contribution is 2.26. The van der Waals surface area contributed by atoms with Gasteiger partial charge in [0.15, 0.2) is 6.29 Å². The van der Waals surface area contributed by atoms with Crippen molar-refractivity contribution in [2.45, 2.75) is 45.2 Å². The first-order valence-electron chi connectivity index (χ1n) is 6.25. The van der Waals surface area contributed by atoms with Crippen molar-refractivity contribution in [3.63, 3.8) is 0 Å². The minimum Gasteiger partial charge on any atom is -0.298 e. The minimum atomic E-state index is 0.253. The van der Waals surface area contributed by atoms with Gasteiger partial charge in [-0.2, -0.15) is 5.10 Å². The third kappa shape index (κ3) is 2.75. The van der Waals surface area contributed by atoms with Gasteiger partial charge in [0, 0.05) is 24.8 Å². The first-order valence-corrected chi connectivity index (χ1v) is 6.25. The van der Waals surface area contributed by atoms with Crippen LogP contribution in [0.15, 0.2) is 12.4 Å². The monoisotopic (exact) mass is 235 g/mol. The lowest BCUT2D eigenvalue weighted by molar-refractivity contribution is 0.0870. The van der Waals surface area contributed by atoms with Gasteiger partial charge in [0.25, 0.3) is 0 Å². The first-order chi connectivity index (χ1) is 8.00. The lowest BCUT2D eigenvalue weighted by Gasteiger charge is -2.40. The van der Waals surface area contributed by atoms with E-state index in [2.05, 4.69) is 30.8 Å². The molecule has 0 bridgehead atoms. The Morgan fingerprint density at radius 1 is 1.35 bits per heavy atom. The second kappa shape index (κ2) is 4.61. The standard InChI is InChI=1S/C13H21N3O/c1-13(2,3)15-6-4-12(5-7-15)16-9-11(10-17)8-14-16/h8-10,12H,4-7H2,1-3H3. The van der Waals surface area contributed by atoms with E-state index >= 15 is 0 Å². The summed E-state index contributed by atoms with van der Waals surface area (Å²) in [4.78, 5) is 13.1. The molecule has 0 unspecified atom stereocenters. The average molecular weight is 235 g/mol. The van der Waals surface area contributed by atoms with Crippen LogP contribution in [-0.2, 0) is 0 Å². The molecule has 94 valence electrons. The number of hydrogen-bond acceptors (Lipinski definition) is 3. The summed E-state index contributed by atoms with van der Waals surface area (Å²) in [5, 5.41) is 4.26. The molecule has 1 aromatic rings. The summed E-state index contributed by atoms with van der Waals surface area (Å²) in [6, 6.07) is 0.447. The molecule has 1 saturated heterocycles. The molecule has 4 heteroatoms. The van der Waals surface area contributed by atoms with E-state index in [4.69, 9.17) is 0 Å². The summed E-state index contributed by atoms with van der Waals surface area (Å²) in [5.74, 6) is 0. The Labute approximate surface area is 103 Å². The van der Waals surface area contributed by atoms with Crippen molar-refractivity contribution >= 4 is 6.29 Å². The van der Waals surface area contributed by atoms with Gasteiger partial charge in [-0.1, -0.05) is 0 Å². The second-order valence-electron chi connectivity index (χ2n) is 5.76. The molecule has 0 atom stereocenters. The van der Waals surface area contributed by atoms with Crippen LogP contribution in [0, 0.1) is 0 Å². The van der Waals surface area contributed by atoms with Crippen LogP contribution >= 0.6 is 0 Å². The van der Waals surface area contributed by atoms with Crippen LogP contribution in [0.5, 0.6) is 0 Å². The van der Waals surface area contributed by atoms with Gasteiger partial charge in [-0.05, 0) is 33.6 Å². The highest BCUT2D eigenvalue weighted by molar-refractivity contribution is 5.73. The number of carbonyl (C=O) groups excluding carboxylic acids is 1. The van der Waals surface area contributed by atoms with Crippen molar-refractivity contribution in [1.82, 2.24) is 14.7 Å². The third-order valence-electron chi connectivity index (χ3n) is 3.54. The fourth-order valence-corrected chi connectivity index (χ4v) is 2.41. The van der Waals surface area contributed by atoms with Crippen molar-refractivity contribution in [2.75, 3.05) is 13.1 Å². The predicted molar refractivity (Wildman–Crippen MR) is 67.2 cm³/mol. The highest BCUT2D eigenvalue weighted by Gasteiger charge is 2.27. The Bertz CT molecular complexity index is 384. The molecule has 17 heavy (non-hydrogen) atoms. The largest absolute Gasteiger partial charge is 0.298 e. The summed E-state index contributed by atoms with van der Waals surface area (Å²) in [5.41, 5.74) is 0.923. The highest BCUT2D eigenvalue weighted by atomic mass is 16.1. The molecular formula is C13H21N3O. The van der Waals surface area contributed by atoms with E-state index in [9.17, 15) is 4.79 Å². The molecular weight excluding hydrogens is 214 g/mol. The molecule has 0 radical (unpaired) electrons. The number of carbonyl (C=O) groups is 1. The Morgan fingerprint density at radius 3 is 2.47 bits per heavy atom. The molecule has 1 fully saturated rings. The molecule has 1 aliphatic heterocycles.